The average molecular weight is 308 g/mol. The van der Waals surface area contributed by atoms with E-state index in [1.54, 1.807) is 0 Å². The quantitative estimate of drug-likeness (QED) is 0.677. The zero-order valence-corrected chi connectivity index (χ0v) is 13.4. The van der Waals surface area contributed by atoms with Crippen LogP contribution in [0.25, 0.3) is 11.0 Å². The smallest absolute Gasteiger partial charge is 0.326 e. The van der Waals surface area contributed by atoms with Crippen molar-refractivity contribution < 1.29 is 9.53 Å². The third-order valence-electron chi connectivity index (χ3n) is 3.59. The molecule has 0 radical (unpaired) electrons. The van der Waals surface area contributed by atoms with Crippen LogP contribution in [-0.4, -0.2) is 21.6 Å². The van der Waals surface area contributed by atoms with E-state index >= 15 is 0 Å². The molecule has 0 saturated carbocycles. The molecule has 0 spiro atoms. The number of hydrogen-bond donors (Lipinski definition) is 0. The summed E-state index contributed by atoms with van der Waals surface area (Å²) in [5, 5.41) is 0. The molecule has 1 heterocycles. The van der Waals surface area contributed by atoms with E-state index in [1.807, 2.05) is 60.9 Å². The third-order valence-corrected chi connectivity index (χ3v) is 3.59. The molecule has 4 nitrogen and oxygen atoms in total. The molecular weight excluding hydrogens is 288 g/mol. The highest BCUT2D eigenvalue weighted by atomic mass is 16.5. The van der Waals surface area contributed by atoms with E-state index in [9.17, 15) is 4.79 Å². The van der Waals surface area contributed by atoms with Crippen molar-refractivity contribution in [2.75, 3.05) is 0 Å². The van der Waals surface area contributed by atoms with Crippen LogP contribution in [0.1, 0.15) is 25.2 Å². The zero-order chi connectivity index (χ0) is 16.2. The average Bonchev–Trinajstić information content (AvgIpc) is 2.85. The fraction of sp³-hybridized carbons (Fsp3) is 0.263. The van der Waals surface area contributed by atoms with E-state index in [2.05, 4.69) is 12.1 Å². The lowest BCUT2D eigenvalue weighted by molar-refractivity contribution is -0.148. The normalized spacial score (nSPS) is 11.1. The van der Waals surface area contributed by atoms with Gasteiger partial charge in [-0.3, -0.25) is 4.79 Å². The number of carbonyl (C=O) groups is 1. The Morgan fingerprint density at radius 1 is 1.09 bits per heavy atom. The van der Waals surface area contributed by atoms with Crippen molar-refractivity contribution in [3.63, 3.8) is 0 Å². The summed E-state index contributed by atoms with van der Waals surface area (Å²) in [7, 11) is 0. The van der Waals surface area contributed by atoms with Crippen molar-refractivity contribution in [1.29, 1.82) is 0 Å². The molecule has 118 valence electrons. The van der Waals surface area contributed by atoms with Gasteiger partial charge in [-0.05, 0) is 31.5 Å². The number of para-hydroxylation sites is 2. The number of nitrogens with zero attached hydrogens (tertiary/aromatic N) is 2. The molecule has 0 aliphatic rings. The minimum absolute atomic E-state index is 0.116. The van der Waals surface area contributed by atoms with Gasteiger partial charge in [0, 0.05) is 6.42 Å². The molecule has 0 unspecified atom stereocenters. The molecule has 0 aliphatic heterocycles. The van der Waals surface area contributed by atoms with Gasteiger partial charge in [0.25, 0.3) is 0 Å². The van der Waals surface area contributed by atoms with Gasteiger partial charge < -0.3 is 9.30 Å². The van der Waals surface area contributed by atoms with Crippen molar-refractivity contribution >= 4 is 17.0 Å². The number of ether oxygens (including phenoxy) is 1. The summed E-state index contributed by atoms with van der Waals surface area (Å²) < 4.78 is 7.24. The molecule has 23 heavy (non-hydrogen) atoms. The largest absolute Gasteiger partial charge is 0.462 e. The lowest BCUT2D eigenvalue weighted by Crippen LogP contribution is -2.19. The molecule has 0 aliphatic carbocycles. The van der Waals surface area contributed by atoms with Crippen molar-refractivity contribution in [3.05, 3.63) is 66.0 Å². The van der Waals surface area contributed by atoms with E-state index in [1.165, 1.54) is 5.56 Å². The van der Waals surface area contributed by atoms with Gasteiger partial charge in [-0.2, -0.15) is 0 Å². The maximum absolute atomic E-state index is 12.1. The zero-order valence-electron chi connectivity index (χ0n) is 13.4. The molecule has 0 N–H and O–H groups in total. The standard InChI is InChI=1S/C19H20N2O2/c1-14(2)23-19(22)13-21-17-11-7-6-10-16(17)20-18(21)12-15-8-4-3-5-9-15/h3-11,14H,12-13H2,1-2H3. The van der Waals surface area contributed by atoms with E-state index < -0.39 is 0 Å². The molecule has 0 saturated heterocycles. The number of rotatable bonds is 5. The topological polar surface area (TPSA) is 44.1 Å². The van der Waals surface area contributed by atoms with Gasteiger partial charge >= 0.3 is 5.97 Å². The van der Waals surface area contributed by atoms with Crippen LogP contribution in [0.3, 0.4) is 0 Å². The molecule has 0 atom stereocenters. The lowest BCUT2D eigenvalue weighted by Gasteiger charge is -2.11. The second-order valence-corrected chi connectivity index (χ2v) is 5.80. The molecule has 2 aromatic carbocycles. The highest BCUT2D eigenvalue weighted by Crippen LogP contribution is 2.19. The van der Waals surface area contributed by atoms with Crippen LogP contribution in [0, 0.1) is 0 Å². The maximum atomic E-state index is 12.1. The second-order valence-electron chi connectivity index (χ2n) is 5.80. The number of carbonyl (C=O) groups excluding carboxylic acids is 1. The van der Waals surface area contributed by atoms with Crippen LogP contribution in [0.4, 0.5) is 0 Å². The van der Waals surface area contributed by atoms with Crippen LogP contribution >= 0.6 is 0 Å². The molecule has 0 amide bonds. The first kappa shape index (κ1) is 15.3. The Balaban J connectivity index is 1.96. The SMILES string of the molecule is CC(C)OC(=O)Cn1c(Cc2ccccc2)nc2ccccc21. The first-order valence-corrected chi connectivity index (χ1v) is 7.81. The summed E-state index contributed by atoms with van der Waals surface area (Å²) in [6.07, 6.45) is 0.569. The van der Waals surface area contributed by atoms with E-state index in [4.69, 9.17) is 9.72 Å². The van der Waals surface area contributed by atoms with Crippen LogP contribution in [0.15, 0.2) is 54.6 Å². The first-order valence-electron chi connectivity index (χ1n) is 7.81. The predicted octanol–water partition coefficient (Wildman–Crippen LogP) is 3.58. The number of benzene rings is 2. The molecule has 3 aromatic rings. The number of esters is 1. The van der Waals surface area contributed by atoms with Crippen molar-refractivity contribution in [1.82, 2.24) is 9.55 Å². The Kier molecular flexibility index (Phi) is 4.42. The van der Waals surface area contributed by atoms with Crippen molar-refractivity contribution in [2.24, 2.45) is 0 Å². The highest BCUT2D eigenvalue weighted by Gasteiger charge is 2.15. The lowest BCUT2D eigenvalue weighted by atomic mass is 10.1. The second kappa shape index (κ2) is 6.65. The highest BCUT2D eigenvalue weighted by molar-refractivity contribution is 5.79. The number of fused-ring (bicyclic) bond motifs is 1. The Bertz CT molecular complexity index is 807. The monoisotopic (exact) mass is 308 g/mol. The molecule has 0 bridgehead atoms. The maximum Gasteiger partial charge on any atom is 0.326 e. The summed E-state index contributed by atoms with van der Waals surface area (Å²) in [6, 6.07) is 18.0. The fourth-order valence-corrected chi connectivity index (χ4v) is 2.64. The number of imidazole rings is 1. The van der Waals surface area contributed by atoms with Gasteiger partial charge in [-0.1, -0.05) is 42.5 Å². The van der Waals surface area contributed by atoms with Crippen molar-refractivity contribution in [3.8, 4) is 0 Å². The third kappa shape index (κ3) is 3.59. The van der Waals surface area contributed by atoms with Crippen LogP contribution in [0.2, 0.25) is 0 Å². The van der Waals surface area contributed by atoms with Gasteiger partial charge in [-0.15, -0.1) is 0 Å². The summed E-state index contributed by atoms with van der Waals surface area (Å²) >= 11 is 0. The van der Waals surface area contributed by atoms with E-state index in [0.717, 1.165) is 16.9 Å². The number of hydrogen-bond acceptors (Lipinski definition) is 3. The van der Waals surface area contributed by atoms with Crippen LogP contribution < -0.4 is 0 Å². The molecular formula is C19H20N2O2. The van der Waals surface area contributed by atoms with Gasteiger partial charge in [0.2, 0.25) is 0 Å². The predicted molar refractivity (Wildman–Crippen MR) is 90.2 cm³/mol. The fourth-order valence-electron chi connectivity index (χ4n) is 2.64. The van der Waals surface area contributed by atoms with Crippen molar-refractivity contribution in [2.45, 2.75) is 32.9 Å². The number of aromatic nitrogens is 2. The van der Waals surface area contributed by atoms with Crippen LogP contribution in [-0.2, 0) is 22.5 Å². The Labute approximate surface area is 135 Å². The summed E-state index contributed by atoms with van der Waals surface area (Å²) in [5.74, 6) is 0.635. The summed E-state index contributed by atoms with van der Waals surface area (Å²) in [5.41, 5.74) is 3.02. The first-order chi connectivity index (χ1) is 11.1. The minimum Gasteiger partial charge on any atom is -0.462 e. The van der Waals surface area contributed by atoms with Gasteiger partial charge in [0.15, 0.2) is 0 Å². The summed E-state index contributed by atoms with van der Waals surface area (Å²) in [6.45, 7) is 3.89. The van der Waals surface area contributed by atoms with E-state index in [-0.39, 0.29) is 18.6 Å². The minimum atomic E-state index is -0.238. The van der Waals surface area contributed by atoms with Gasteiger partial charge in [0.05, 0.1) is 17.1 Å². The molecule has 1 aromatic heterocycles. The Hall–Kier alpha value is -2.62. The van der Waals surface area contributed by atoms with E-state index in [0.29, 0.717) is 6.42 Å². The van der Waals surface area contributed by atoms with Crippen LogP contribution in [0.5, 0.6) is 0 Å². The molecule has 4 heteroatoms. The van der Waals surface area contributed by atoms with Gasteiger partial charge in [-0.25, -0.2) is 4.98 Å². The van der Waals surface area contributed by atoms with Gasteiger partial charge in [0.1, 0.15) is 12.4 Å². The Morgan fingerprint density at radius 2 is 1.78 bits per heavy atom. The molecule has 3 rings (SSSR count). The summed E-state index contributed by atoms with van der Waals surface area (Å²) in [4.78, 5) is 16.8. The molecule has 0 fully saturated rings. The Morgan fingerprint density at radius 3 is 2.52 bits per heavy atom.